The van der Waals surface area contributed by atoms with Crippen LogP contribution in [0.1, 0.15) is 24.8 Å². The molecule has 4 nitrogen and oxygen atoms in total. The third-order valence-electron chi connectivity index (χ3n) is 4.71. The number of aromatic amines is 1. The molecule has 0 amide bonds. The van der Waals surface area contributed by atoms with E-state index in [9.17, 15) is 36.2 Å². The number of pyridine rings is 1. The number of nitrogens with one attached hydrogen (secondary N) is 1. The summed E-state index contributed by atoms with van der Waals surface area (Å²) in [4.78, 5) is 15.0. The van der Waals surface area contributed by atoms with Gasteiger partial charge in [0.25, 0.3) is 0 Å². The Hall–Kier alpha value is -2.23. The van der Waals surface area contributed by atoms with Gasteiger partial charge in [-0.1, -0.05) is 0 Å². The molecule has 1 aliphatic rings. The van der Waals surface area contributed by atoms with Gasteiger partial charge in [0.2, 0.25) is 5.56 Å². The molecule has 1 fully saturated rings. The van der Waals surface area contributed by atoms with E-state index in [4.69, 9.17) is 0 Å². The minimum absolute atomic E-state index is 0.0659. The molecule has 3 rings (SSSR count). The van der Waals surface area contributed by atoms with Gasteiger partial charge in [0.15, 0.2) is 6.10 Å². The number of benzene rings is 1. The lowest BCUT2D eigenvalue weighted by Crippen LogP contribution is -2.52. The number of aromatic nitrogens is 1. The van der Waals surface area contributed by atoms with Crippen LogP contribution in [0.15, 0.2) is 29.1 Å². The van der Waals surface area contributed by atoms with Crippen molar-refractivity contribution >= 4 is 16.6 Å². The van der Waals surface area contributed by atoms with E-state index < -0.39 is 35.6 Å². The smallest absolute Gasteiger partial charge is 0.382 e. The molecule has 2 aromatic rings. The van der Waals surface area contributed by atoms with Crippen molar-refractivity contribution in [2.45, 2.75) is 43.8 Å². The van der Waals surface area contributed by atoms with Crippen molar-refractivity contribution < 1.29 is 31.4 Å². The summed E-state index contributed by atoms with van der Waals surface area (Å²) in [5.74, 6) is 0. The highest BCUT2D eigenvalue weighted by Gasteiger charge is 2.46. The van der Waals surface area contributed by atoms with Crippen LogP contribution in [0.2, 0.25) is 0 Å². The lowest BCUT2D eigenvalue weighted by atomic mass is 9.95. The predicted octanol–water partition coefficient (Wildman–Crippen LogP) is 3.83. The van der Waals surface area contributed by atoms with Crippen molar-refractivity contribution in [1.29, 1.82) is 0 Å². The lowest BCUT2D eigenvalue weighted by Gasteiger charge is -2.40. The first-order valence-electron chi connectivity index (χ1n) is 8.24. The number of halogens is 6. The molecule has 0 spiro atoms. The van der Waals surface area contributed by atoms with Crippen molar-refractivity contribution in [3.8, 4) is 0 Å². The van der Waals surface area contributed by atoms with Crippen LogP contribution >= 0.6 is 0 Å². The van der Waals surface area contributed by atoms with Crippen LogP contribution < -0.4 is 10.5 Å². The Balaban J connectivity index is 2.10. The van der Waals surface area contributed by atoms with Gasteiger partial charge in [0.05, 0.1) is 11.6 Å². The topological polar surface area (TPSA) is 56.3 Å². The number of hydrogen-bond acceptors (Lipinski definition) is 3. The van der Waals surface area contributed by atoms with E-state index in [1.165, 1.54) is 17.0 Å². The summed E-state index contributed by atoms with van der Waals surface area (Å²) >= 11 is 0. The maximum absolute atomic E-state index is 13.3. The second-order valence-electron chi connectivity index (χ2n) is 6.52. The molecule has 1 aliphatic heterocycles. The zero-order valence-electron chi connectivity index (χ0n) is 13.9. The van der Waals surface area contributed by atoms with Gasteiger partial charge in [0, 0.05) is 29.2 Å². The molecule has 2 atom stereocenters. The summed E-state index contributed by atoms with van der Waals surface area (Å²) < 4.78 is 78.8. The summed E-state index contributed by atoms with van der Waals surface area (Å²) in [6, 6.07) is 2.82. The van der Waals surface area contributed by atoms with E-state index in [2.05, 4.69) is 4.98 Å². The molecule has 0 aliphatic carbocycles. The van der Waals surface area contributed by atoms with Crippen LogP contribution in [0.4, 0.5) is 32.0 Å². The third kappa shape index (κ3) is 3.90. The van der Waals surface area contributed by atoms with Crippen molar-refractivity contribution in [3.63, 3.8) is 0 Å². The molecule has 2 N–H and O–H groups in total. The van der Waals surface area contributed by atoms with Crippen LogP contribution in [-0.2, 0) is 6.18 Å². The van der Waals surface area contributed by atoms with Crippen molar-refractivity contribution in [1.82, 2.24) is 4.98 Å². The van der Waals surface area contributed by atoms with E-state index in [1.807, 2.05) is 0 Å². The average Bonchev–Trinajstić information content (AvgIpc) is 2.58. The summed E-state index contributed by atoms with van der Waals surface area (Å²) in [5, 5.41) is 9.37. The normalized spacial score (nSPS) is 20.1. The van der Waals surface area contributed by atoms with E-state index in [0.717, 1.165) is 6.07 Å². The Morgan fingerprint density at radius 1 is 1.11 bits per heavy atom. The van der Waals surface area contributed by atoms with Crippen molar-refractivity contribution in [2.75, 3.05) is 11.4 Å². The minimum Gasteiger partial charge on any atom is -0.382 e. The zero-order valence-corrected chi connectivity index (χ0v) is 13.9. The second kappa shape index (κ2) is 6.74. The number of aliphatic hydroxyl groups is 1. The first-order valence-corrected chi connectivity index (χ1v) is 8.24. The molecule has 10 heteroatoms. The lowest BCUT2D eigenvalue weighted by molar-refractivity contribution is -0.211. The fourth-order valence-corrected chi connectivity index (χ4v) is 3.48. The standard InChI is InChI=1S/C17H16F6N2O2/c18-16(19,20)11-8-14(26)24-12-5-4-9(7-10(11)12)25-6-2-1-3-13(25)15(27)17(21,22)23/h4-5,7-8,13,15,27H,1-3,6H2,(H,24,26). The van der Waals surface area contributed by atoms with Gasteiger partial charge in [-0.2, -0.15) is 26.3 Å². The SMILES string of the molecule is O=c1cc(C(F)(F)F)c2cc(N3CCCCC3C(O)C(F)(F)F)ccc2[nH]1. The Labute approximate surface area is 149 Å². The van der Waals surface area contributed by atoms with Crippen LogP contribution in [0.25, 0.3) is 10.9 Å². The van der Waals surface area contributed by atoms with Gasteiger partial charge in [-0.15, -0.1) is 0 Å². The van der Waals surface area contributed by atoms with Crippen LogP contribution in [0.5, 0.6) is 0 Å². The quantitative estimate of drug-likeness (QED) is 0.762. The Morgan fingerprint density at radius 3 is 2.44 bits per heavy atom. The third-order valence-corrected chi connectivity index (χ3v) is 4.71. The van der Waals surface area contributed by atoms with E-state index in [0.29, 0.717) is 18.9 Å². The molecule has 0 saturated carbocycles. The Morgan fingerprint density at radius 2 is 1.81 bits per heavy atom. The molecule has 2 unspecified atom stereocenters. The number of alkyl halides is 6. The molecule has 148 valence electrons. The van der Waals surface area contributed by atoms with Crippen LogP contribution in [0.3, 0.4) is 0 Å². The van der Waals surface area contributed by atoms with Gasteiger partial charge in [-0.3, -0.25) is 4.79 Å². The number of fused-ring (bicyclic) bond motifs is 1. The summed E-state index contributed by atoms with van der Waals surface area (Å²) in [7, 11) is 0. The summed E-state index contributed by atoms with van der Waals surface area (Å²) in [5.41, 5.74) is -2.02. The first-order chi connectivity index (χ1) is 12.5. The first kappa shape index (κ1) is 19.5. The largest absolute Gasteiger partial charge is 0.417 e. The molecule has 2 heterocycles. The number of rotatable bonds is 2. The molecular formula is C17H16F6N2O2. The monoisotopic (exact) mass is 394 g/mol. The number of nitrogens with zero attached hydrogens (tertiary/aromatic N) is 1. The molecular weight excluding hydrogens is 378 g/mol. The average molecular weight is 394 g/mol. The maximum atomic E-state index is 13.3. The van der Waals surface area contributed by atoms with Crippen LogP contribution in [-0.4, -0.2) is 35.0 Å². The minimum atomic E-state index is -4.83. The van der Waals surface area contributed by atoms with Crippen molar-refractivity contribution in [3.05, 3.63) is 40.2 Å². The van der Waals surface area contributed by atoms with Crippen molar-refractivity contribution in [2.24, 2.45) is 0 Å². The number of H-pyrrole nitrogens is 1. The van der Waals surface area contributed by atoms with E-state index in [-0.39, 0.29) is 29.6 Å². The predicted molar refractivity (Wildman–Crippen MR) is 86.6 cm³/mol. The number of aliphatic hydroxyl groups excluding tert-OH is 1. The second-order valence-corrected chi connectivity index (χ2v) is 6.52. The fraction of sp³-hybridized carbons (Fsp3) is 0.471. The van der Waals surface area contributed by atoms with E-state index in [1.54, 1.807) is 0 Å². The maximum Gasteiger partial charge on any atom is 0.417 e. The van der Waals surface area contributed by atoms with Gasteiger partial charge in [-0.25, -0.2) is 0 Å². The highest BCUT2D eigenvalue weighted by molar-refractivity contribution is 5.86. The highest BCUT2D eigenvalue weighted by Crippen LogP contribution is 2.37. The van der Waals surface area contributed by atoms with Gasteiger partial charge >= 0.3 is 12.4 Å². The Kier molecular flexibility index (Phi) is 4.87. The van der Waals surface area contributed by atoms with E-state index >= 15 is 0 Å². The zero-order chi connectivity index (χ0) is 20.0. The summed E-state index contributed by atoms with van der Waals surface area (Å²) in [6.45, 7) is 0.175. The molecule has 0 radical (unpaired) electrons. The molecule has 1 saturated heterocycles. The van der Waals surface area contributed by atoms with Gasteiger partial charge in [0.1, 0.15) is 0 Å². The molecule has 27 heavy (non-hydrogen) atoms. The Bertz CT molecular complexity index is 890. The number of anilines is 1. The fourth-order valence-electron chi connectivity index (χ4n) is 3.48. The number of hydrogen-bond donors (Lipinski definition) is 2. The van der Waals surface area contributed by atoms with Crippen LogP contribution in [0, 0.1) is 0 Å². The number of piperidine rings is 1. The molecule has 1 aromatic heterocycles. The summed E-state index contributed by atoms with van der Waals surface area (Å²) in [6.07, 6.45) is -11.1. The van der Waals surface area contributed by atoms with Gasteiger partial charge < -0.3 is 15.0 Å². The highest BCUT2D eigenvalue weighted by atomic mass is 19.4. The molecule has 1 aromatic carbocycles. The van der Waals surface area contributed by atoms with Gasteiger partial charge in [-0.05, 0) is 37.5 Å². The molecule has 0 bridgehead atoms.